The highest BCUT2D eigenvalue weighted by Gasteiger charge is 2.22. The Hall–Kier alpha value is -2.51. The molecular formula is C54H87O3P. The van der Waals surface area contributed by atoms with Crippen LogP contribution in [0.3, 0.4) is 0 Å². The minimum atomic E-state index is -1.73. The summed E-state index contributed by atoms with van der Waals surface area (Å²) in [5.74, 6) is 2.54. The van der Waals surface area contributed by atoms with Crippen molar-refractivity contribution in [3.8, 4) is 17.2 Å². The third kappa shape index (κ3) is 23.9. The molecule has 0 spiro atoms. The average molecular weight is 815 g/mol. The molecule has 3 aromatic carbocycles. The SMILES string of the molecule is CCCCCCCCCc1ccc(OP(Oc2ccc(CCCCCCCCC)cc2)Oc2cc(CCCCCCCCC)ccc2CCCCCCCCC)cc1. The van der Waals surface area contributed by atoms with Crippen molar-refractivity contribution in [2.24, 2.45) is 0 Å². The number of aryl methyl sites for hydroxylation is 4. The maximum Gasteiger partial charge on any atom is 0.530 e. The number of rotatable bonds is 38. The molecule has 0 heterocycles. The molecule has 0 saturated carbocycles. The Morgan fingerprint density at radius 1 is 0.310 bits per heavy atom. The van der Waals surface area contributed by atoms with Gasteiger partial charge in [0.25, 0.3) is 0 Å². The van der Waals surface area contributed by atoms with Crippen LogP contribution in [0.2, 0.25) is 0 Å². The van der Waals surface area contributed by atoms with Crippen LogP contribution in [0.5, 0.6) is 17.2 Å². The van der Waals surface area contributed by atoms with Gasteiger partial charge >= 0.3 is 8.60 Å². The smallest absolute Gasteiger partial charge is 0.409 e. The first-order chi connectivity index (χ1) is 28.6. The quantitative estimate of drug-likeness (QED) is 0.0426. The molecule has 0 saturated heterocycles. The lowest BCUT2D eigenvalue weighted by Crippen LogP contribution is -2.05. The summed E-state index contributed by atoms with van der Waals surface area (Å²) >= 11 is 0. The van der Waals surface area contributed by atoms with Crippen molar-refractivity contribution in [1.29, 1.82) is 0 Å². The zero-order valence-electron chi connectivity index (χ0n) is 38.2. The normalized spacial score (nSPS) is 11.4. The fourth-order valence-electron chi connectivity index (χ4n) is 7.92. The van der Waals surface area contributed by atoms with Crippen LogP contribution in [-0.4, -0.2) is 0 Å². The van der Waals surface area contributed by atoms with Gasteiger partial charge in [0.2, 0.25) is 0 Å². The summed E-state index contributed by atoms with van der Waals surface area (Å²) in [6.07, 6.45) is 41.4. The van der Waals surface area contributed by atoms with Crippen LogP contribution in [0.4, 0.5) is 0 Å². The van der Waals surface area contributed by atoms with E-state index in [-0.39, 0.29) is 0 Å². The lowest BCUT2D eigenvalue weighted by Gasteiger charge is -2.20. The summed E-state index contributed by atoms with van der Waals surface area (Å²) in [6.45, 7) is 9.16. The molecule has 0 aromatic heterocycles. The minimum Gasteiger partial charge on any atom is -0.409 e. The van der Waals surface area contributed by atoms with Gasteiger partial charge in [0.1, 0.15) is 17.2 Å². The van der Waals surface area contributed by atoms with Crippen LogP contribution in [0.1, 0.15) is 230 Å². The highest BCUT2D eigenvalue weighted by Crippen LogP contribution is 2.44. The first kappa shape index (κ1) is 49.8. The van der Waals surface area contributed by atoms with Crippen molar-refractivity contribution >= 4 is 8.60 Å². The first-order valence-corrected chi connectivity index (χ1v) is 25.9. The lowest BCUT2D eigenvalue weighted by atomic mass is 10.00. The summed E-state index contributed by atoms with van der Waals surface area (Å²) in [4.78, 5) is 0. The predicted octanol–water partition coefficient (Wildman–Crippen LogP) is 18.6. The third-order valence-corrected chi connectivity index (χ3v) is 12.8. The van der Waals surface area contributed by atoms with Crippen LogP contribution < -0.4 is 13.6 Å². The highest BCUT2D eigenvalue weighted by molar-refractivity contribution is 7.43. The Morgan fingerprint density at radius 3 is 1.00 bits per heavy atom. The molecule has 0 atom stereocenters. The molecule has 0 bridgehead atoms. The van der Waals surface area contributed by atoms with Crippen LogP contribution in [0, 0.1) is 0 Å². The van der Waals surface area contributed by atoms with Gasteiger partial charge in [-0.3, -0.25) is 0 Å². The van der Waals surface area contributed by atoms with Crippen molar-refractivity contribution in [2.75, 3.05) is 0 Å². The van der Waals surface area contributed by atoms with E-state index in [0.29, 0.717) is 0 Å². The number of unbranched alkanes of at least 4 members (excludes halogenated alkanes) is 24. The van der Waals surface area contributed by atoms with Crippen molar-refractivity contribution in [2.45, 2.75) is 233 Å². The first-order valence-electron chi connectivity index (χ1n) is 24.8. The van der Waals surface area contributed by atoms with Crippen LogP contribution in [-0.2, 0) is 25.7 Å². The van der Waals surface area contributed by atoms with E-state index in [1.165, 1.54) is 202 Å². The second-order valence-corrected chi connectivity index (χ2v) is 18.2. The average Bonchev–Trinajstić information content (AvgIpc) is 3.24. The van der Waals surface area contributed by atoms with Gasteiger partial charge in [0, 0.05) is 0 Å². The molecule has 326 valence electrons. The second kappa shape index (κ2) is 34.2. The summed E-state index contributed by atoms with van der Waals surface area (Å²) < 4.78 is 20.2. The third-order valence-electron chi connectivity index (χ3n) is 11.8. The lowest BCUT2D eigenvalue weighted by molar-refractivity contribution is 0.385. The number of hydrogen-bond acceptors (Lipinski definition) is 3. The highest BCUT2D eigenvalue weighted by atomic mass is 31.2. The topological polar surface area (TPSA) is 27.7 Å². The molecule has 0 unspecified atom stereocenters. The largest absolute Gasteiger partial charge is 0.530 e. The molecule has 3 aromatic rings. The summed E-state index contributed by atoms with van der Waals surface area (Å²) in [7, 11) is -1.73. The molecule has 4 heteroatoms. The molecule has 3 nitrogen and oxygen atoms in total. The molecule has 0 amide bonds. The van der Waals surface area contributed by atoms with E-state index in [4.69, 9.17) is 13.6 Å². The molecule has 0 aliphatic rings. The van der Waals surface area contributed by atoms with Gasteiger partial charge in [0.05, 0.1) is 0 Å². The van der Waals surface area contributed by atoms with Gasteiger partial charge in [0.15, 0.2) is 0 Å². The van der Waals surface area contributed by atoms with Crippen LogP contribution in [0.25, 0.3) is 0 Å². The molecule has 0 aliphatic carbocycles. The Labute approximate surface area is 360 Å². The van der Waals surface area contributed by atoms with Crippen molar-refractivity contribution < 1.29 is 13.6 Å². The van der Waals surface area contributed by atoms with Gasteiger partial charge in [-0.25, -0.2) is 0 Å². The van der Waals surface area contributed by atoms with E-state index in [1.54, 1.807) is 0 Å². The van der Waals surface area contributed by atoms with Crippen molar-refractivity contribution in [3.63, 3.8) is 0 Å². The fourth-order valence-corrected chi connectivity index (χ4v) is 8.95. The summed E-state index contributed by atoms with van der Waals surface area (Å²) in [6, 6.07) is 24.3. The fraction of sp³-hybridized carbons (Fsp3) is 0.667. The van der Waals surface area contributed by atoms with Crippen molar-refractivity contribution in [3.05, 3.63) is 89.0 Å². The van der Waals surface area contributed by atoms with E-state index < -0.39 is 8.60 Å². The van der Waals surface area contributed by atoms with E-state index in [1.807, 2.05) is 0 Å². The van der Waals surface area contributed by atoms with Gasteiger partial charge in [-0.1, -0.05) is 218 Å². The van der Waals surface area contributed by atoms with Crippen LogP contribution in [0.15, 0.2) is 66.7 Å². The van der Waals surface area contributed by atoms with E-state index >= 15 is 0 Å². The molecular weight excluding hydrogens is 728 g/mol. The Morgan fingerprint density at radius 2 is 0.621 bits per heavy atom. The second-order valence-electron chi connectivity index (χ2n) is 17.2. The van der Waals surface area contributed by atoms with Gasteiger partial charge in [-0.05, 0) is 104 Å². The zero-order chi connectivity index (χ0) is 41.1. The molecule has 58 heavy (non-hydrogen) atoms. The Kier molecular flexibility index (Phi) is 29.4. The Balaban J connectivity index is 1.71. The summed E-state index contributed by atoms with van der Waals surface area (Å²) in [5.41, 5.74) is 5.37. The van der Waals surface area contributed by atoms with Gasteiger partial charge in [-0.2, -0.15) is 0 Å². The molecule has 0 N–H and O–H groups in total. The minimum absolute atomic E-state index is 0.804. The molecule has 0 fully saturated rings. The molecule has 0 radical (unpaired) electrons. The number of hydrogen-bond donors (Lipinski definition) is 0. The summed E-state index contributed by atoms with van der Waals surface area (Å²) in [5, 5.41) is 0. The molecule has 3 rings (SSSR count). The monoisotopic (exact) mass is 815 g/mol. The Bertz CT molecular complexity index is 1310. The van der Waals surface area contributed by atoms with Gasteiger partial charge in [-0.15, -0.1) is 0 Å². The maximum atomic E-state index is 6.90. The molecule has 0 aliphatic heterocycles. The van der Waals surface area contributed by atoms with E-state index in [0.717, 1.165) is 42.9 Å². The standard InChI is InChI=1S/C54H87O3P/c1-5-9-13-17-21-25-29-33-48-38-43-52(44-39-48)55-58(56-53-45-40-49(41-46-53)34-30-26-22-18-14-10-6-2)57-54-47-50(35-31-27-23-19-15-11-7-3)37-42-51(54)36-32-28-24-20-16-12-8-4/h37-47H,5-36H2,1-4H3. The zero-order valence-corrected chi connectivity index (χ0v) is 39.0. The van der Waals surface area contributed by atoms with Crippen molar-refractivity contribution in [1.82, 2.24) is 0 Å². The van der Waals surface area contributed by atoms with E-state index in [9.17, 15) is 0 Å². The van der Waals surface area contributed by atoms with Gasteiger partial charge < -0.3 is 13.6 Å². The van der Waals surface area contributed by atoms with Crippen LogP contribution >= 0.6 is 8.60 Å². The van der Waals surface area contributed by atoms with E-state index in [2.05, 4.69) is 94.4 Å². The maximum absolute atomic E-state index is 6.90. The number of benzene rings is 3. The predicted molar refractivity (Wildman–Crippen MR) is 255 cm³/mol.